The van der Waals surface area contributed by atoms with Crippen molar-refractivity contribution in [2.75, 3.05) is 12.4 Å². The topological polar surface area (TPSA) is 84.1 Å². The number of azo groups is 1. The zero-order chi connectivity index (χ0) is 19.1. The smallest absolute Gasteiger partial charge is 0.362 e. The maximum absolute atomic E-state index is 12.1. The van der Waals surface area contributed by atoms with Crippen molar-refractivity contribution in [1.29, 1.82) is 0 Å². The molecule has 8 heteroatoms. The minimum absolute atomic E-state index is 0.141. The molecule has 0 aliphatic carbocycles. The molecule has 1 heterocycles. The number of aromatic nitrogens is 1. The number of carbonyl (C=O) groups excluding carboxylic acids is 1. The molecule has 0 amide bonds. The molecular formula is C19H17N3O3S2. The molecule has 3 aromatic rings. The summed E-state index contributed by atoms with van der Waals surface area (Å²) in [5.74, 6) is -0.765. The molecule has 0 saturated heterocycles. The van der Waals surface area contributed by atoms with Crippen molar-refractivity contribution >= 4 is 45.0 Å². The van der Waals surface area contributed by atoms with Gasteiger partial charge in [0.15, 0.2) is 4.34 Å². The van der Waals surface area contributed by atoms with Crippen molar-refractivity contribution in [3.63, 3.8) is 0 Å². The Morgan fingerprint density at radius 1 is 1.19 bits per heavy atom. The number of benzene rings is 2. The summed E-state index contributed by atoms with van der Waals surface area (Å²) in [5.41, 5.74) is 1.28. The van der Waals surface area contributed by atoms with Crippen molar-refractivity contribution in [2.45, 2.75) is 11.3 Å². The van der Waals surface area contributed by atoms with E-state index in [-0.39, 0.29) is 23.8 Å². The zero-order valence-electron chi connectivity index (χ0n) is 14.5. The van der Waals surface area contributed by atoms with E-state index in [0.717, 1.165) is 14.6 Å². The summed E-state index contributed by atoms with van der Waals surface area (Å²) in [6, 6.07) is 16.8. The van der Waals surface area contributed by atoms with E-state index in [4.69, 9.17) is 4.74 Å². The highest BCUT2D eigenvalue weighted by Gasteiger charge is 2.17. The number of thiazole rings is 1. The molecule has 0 atom stereocenters. The van der Waals surface area contributed by atoms with Gasteiger partial charge in [-0.15, -0.1) is 16.5 Å². The minimum Gasteiger partial charge on any atom is -0.509 e. The fourth-order valence-corrected chi connectivity index (χ4v) is 4.07. The average molecular weight is 399 g/mol. The summed E-state index contributed by atoms with van der Waals surface area (Å²) < 4.78 is 6.85. The van der Waals surface area contributed by atoms with Crippen LogP contribution in [0, 0.1) is 0 Å². The molecule has 2 aromatic carbocycles. The van der Waals surface area contributed by atoms with E-state index in [1.54, 1.807) is 19.1 Å². The molecule has 0 bridgehead atoms. The second-order valence-electron chi connectivity index (χ2n) is 5.29. The number of aliphatic hydroxyl groups is 1. The average Bonchev–Trinajstić information content (AvgIpc) is 3.10. The van der Waals surface area contributed by atoms with Crippen LogP contribution in [0.4, 0.5) is 5.69 Å². The Morgan fingerprint density at radius 3 is 2.67 bits per heavy atom. The highest BCUT2D eigenvalue weighted by molar-refractivity contribution is 8.01. The van der Waals surface area contributed by atoms with Crippen LogP contribution in [0.2, 0.25) is 0 Å². The van der Waals surface area contributed by atoms with Gasteiger partial charge in [0, 0.05) is 0 Å². The van der Waals surface area contributed by atoms with E-state index in [9.17, 15) is 9.90 Å². The van der Waals surface area contributed by atoms with Gasteiger partial charge < -0.3 is 9.84 Å². The highest BCUT2D eigenvalue weighted by atomic mass is 32.2. The Morgan fingerprint density at radius 2 is 1.93 bits per heavy atom. The maximum Gasteiger partial charge on any atom is 0.362 e. The summed E-state index contributed by atoms with van der Waals surface area (Å²) in [5, 5.41) is 18.3. The Bertz CT molecular complexity index is 951. The van der Waals surface area contributed by atoms with Crippen molar-refractivity contribution < 1.29 is 14.6 Å². The summed E-state index contributed by atoms with van der Waals surface area (Å²) in [6.07, 6.45) is 0. The first-order valence-corrected chi connectivity index (χ1v) is 10.0. The molecule has 0 spiro atoms. The number of thioether (sulfide) groups is 1. The summed E-state index contributed by atoms with van der Waals surface area (Å²) >= 11 is 2.86. The van der Waals surface area contributed by atoms with Gasteiger partial charge in [0.25, 0.3) is 0 Å². The fraction of sp³-hybridized carbons (Fsp3) is 0.158. The highest BCUT2D eigenvalue weighted by Crippen LogP contribution is 2.30. The van der Waals surface area contributed by atoms with Crippen LogP contribution < -0.4 is 0 Å². The van der Waals surface area contributed by atoms with E-state index >= 15 is 0 Å². The fourth-order valence-electron chi connectivity index (χ4n) is 2.13. The molecule has 6 nitrogen and oxygen atoms in total. The van der Waals surface area contributed by atoms with Crippen molar-refractivity contribution in [1.82, 2.24) is 4.98 Å². The molecular weight excluding hydrogens is 382 g/mol. The molecule has 1 aromatic heterocycles. The van der Waals surface area contributed by atoms with Gasteiger partial charge in [-0.25, -0.2) is 9.78 Å². The number of aliphatic hydroxyl groups excluding tert-OH is 1. The Hall–Kier alpha value is -2.71. The quantitative estimate of drug-likeness (QED) is 0.186. The van der Waals surface area contributed by atoms with Crippen LogP contribution in [0.25, 0.3) is 10.2 Å². The van der Waals surface area contributed by atoms with Gasteiger partial charge in [-0.05, 0) is 31.2 Å². The van der Waals surface area contributed by atoms with E-state index in [1.165, 1.54) is 23.1 Å². The largest absolute Gasteiger partial charge is 0.509 e. The zero-order valence-corrected chi connectivity index (χ0v) is 16.2. The van der Waals surface area contributed by atoms with Crippen LogP contribution in [-0.4, -0.2) is 28.4 Å². The Labute approximate surface area is 164 Å². The van der Waals surface area contributed by atoms with Crippen LogP contribution in [0.15, 0.2) is 80.6 Å². The minimum atomic E-state index is -0.709. The summed E-state index contributed by atoms with van der Waals surface area (Å²) in [7, 11) is 0. The summed E-state index contributed by atoms with van der Waals surface area (Å²) in [4.78, 5) is 16.6. The van der Waals surface area contributed by atoms with E-state index in [2.05, 4.69) is 15.2 Å². The van der Waals surface area contributed by atoms with Crippen molar-refractivity contribution in [2.24, 2.45) is 10.2 Å². The second kappa shape index (κ2) is 9.29. The van der Waals surface area contributed by atoms with Crippen molar-refractivity contribution in [3.05, 3.63) is 66.1 Å². The van der Waals surface area contributed by atoms with Crippen molar-refractivity contribution in [3.8, 4) is 0 Å². The molecule has 0 radical (unpaired) electrons. The number of carbonyl (C=O) groups is 1. The molecule has 0 fully saturated rings. The number of fused-ring (bicyclic) bond motifs is 1. The number of esters is 1. The first-order chi connectivity index (χ1) is 13.2. The number of rotatable bonds is 7. The monoisotopic (exact) mass is 399 g/mol. The van der Waals surface area contributed by atoms with Crippen LogP contribution in [0.5, 0.6) is 0 Å². The lowest BCUT2D eigenvalue weighted by Gasteiger charge is -2.04. The SMILES string of the molecule is CCOC(=O)/C(N=Nc1ccccc1)=C(/O)CSc1nc2ccccc2s1. The van der Waals surface area contributed by atoms with Gasteiger partial charge in [0.1, 0.15) is 5.76 Å². The number of hydrogen-bond acceptors (Lipinski definition) is 8. The van der Waals surface area contributed by atoms with Gasteiger partial charge in [0.2, 0.25) is 5.70 Å². The standard InChI is InChI=1S/C19H17N3O3S2/c1-2-25-18(24)17(22-21-13-8-4-3-5-9-13)15(23)12-26-19-20-14-10-6-7-11-16(14)27-19/h3-11,23H,2,12H2,1H3/b17-15-,22-21?. The predicted molar refractivity (Wildman–Crippen MR) is 108 cm³/mol. The first-order valence-electron chi connectivity index (χ1n) is 8.21. The molecule has 27 heavy (non-hydrogen) atoms. The van der Waals surface area contributed by atoms with E-state index in [0.29, 0.717) is 5.69 Å². The molecule has 0 saturated carbocycles. The third-order valence-electron chi connectivity index (χ3n) is 3.37. The number of para-hydroxylation sites is 1. The van der Waals surface area contributed by atoms with Crippen LogP contribution >= 0.6 is 23.1 Å². The van der Waals surface area contributed by atoms with E-state index < -0.39 is 5.97 Å². The normalized spacial score (nSPS) is 12.3. The number of nitrogens with zero attached hydrogens (tertiary/aromatic N) is 3. The maximum atomic E-state index is 12.1. The lowest BCUT2D eigenvalue weighted by molar-refractivity contribution is -0.138. The lowest BCUT2D eigenvalue weighted by Crippen LogP contribution is -2.09. The number of ether oxygens (including phenoxy) is 1. The third-order valence-corrected chi connectivity index (χ3v) is 5.56. The molecule has 3 rings (SSSR count). The van der Waals surface area contributed by atoms with E-state index in [1.807, 2.05) is 42.5 Å². The van der Waals surface area contributed by atoms with Crippen LogP contribution in [0.3, 0.4) is 0 Å². The predicted octanol–water partition coefficient (Wildman–Crippen LogP) is 5.51. The molecule has 0 aliphatic heterocycles. The second-order valence-corrected chi connectivity index (χ2v) is 7.54. The molecule has 0 aliphatic rings. The Kier molecular flexibility index (Phi) is 6.56. The van der Waals surface area contributed by atoms with Crippen LogP contribution in [0.1, 0.15) is 6.92 Å². The summed E-state index contributed by atoms with van der Waals surface area (Å²) in [6.45, 7) is 1.87. The molecule has 0 unspecified atom stereocenters. The first kappa shape index (κ1) is 19.1. The number of hydrogen-bond donors (Lipinski definition) is 1. The van der Waals surface area contributed by atoms with Gasteiger partial charge >= 0.3 is 5.97 Å². The van der Waals surface area contributed by atoms with Gasteiger partial charge in [0.05, 0.1) is 28.3 Å². The molecule has 138 valence electrons. The van der Waals surface area contributed by atoms with Crippen LogP contribution in [-0.2, 0) is 9.53 Å². The van der Waals surface area contributed by atoms with Gasteiger partial charge in [-0.3, -0.25) is 0 Å². The lowest BCUT2D eigenvalue weighted by atomic mass is 10.3. The van der Waals surface area contributed by atoms with Gasteiger partial charge in [-0.1, -0.05) is 42.1 Å². The third kappa shape index (κ3) is 5.15. The Balaban J connectivity index is 1.78. The molecule has 1 N–H and O–H groups in total. The van der Waals surface area contributed by atoms with Gasteiger partial charge in [-0.2, -0.15) is 5.11 Å².